The predicted octanol–water partition coefficient (Wildman–Crippen LogP) is 0.935. The summed E-state index contributed by atoms with van der Waals surface area (Å²) >= 11 is 3.39. The molecule has 0 bridgehead atoms. The Hall–Kier alpha value is -2.92. The third-order valence-corrected chi connectivity index (χ3v) is 4.41. The van der Waals surface area contributed by atoms with Crippen LogP contribution < -0.4 is 22.0 Å². The van der Waals surface area contributed by atoms with E-state index in [1.807, 2.05) is 12.1 Å². The van der Waals surface area contributed by atoms with E-state index in [-0.39, 0.29) is 22.4 Å². The van der Waals surface area contributed by atoms with E-state index in [0.717, 1.165) is 9.04 Å². The smallest absolute Gasteiger partial charge is 0.318 e. The molecule has 2 heterocycles. The number of rotatable bonds is 1. The molecule has 3 rings (SSSR count). The molecule has 0 aliphatic heterocycles. The lowest BCUT2D eigenvalue weighted by molar-refractivity contribution is -0.331. The molecule has 3 N–H and O–H groups in total. The van der Waals surface area contributed by atoms with Crippen molar-refractivity contribution in [2.45, 2.75) is 0 Å². The summed E-state index contributed by atoms with van der Waals surface area (Å²) in [7, 11) is 2.94. The van der Waals surface area contributed by atoms with Crippen molar-refractivity contribution in [2.24, 2.45) is 14.1 Å². The van der Waals surface area contributed by atoms with E-state index >= 15 is 0 Å². The summed E-state index contributed by atoms with van der Waals surface area (Å²) < 4.78 is 3.11. The van der Waals surface area contributed by atoms with Crippen LogP contribution in [0.15, 0.2) is 38.3 Å². The Bertz CT molecular complexity index is 1150. The highest BCUT2D eigenvalue weighted by atomic mass is 79.9. The molecule has 0 aliphatic rings. The topological polar surface area (TPSA) is 108 Å². The number of nitrogen functional groups attached to an aromatic ring is 1. The zero-order valence-electron chi connectivity index (χ0n) is 12.9. The van der Waals surface area contributed by atoms with Gasteiger partial charge in [0.15, 0.2) is 0 Å². The number of nitrogens with two attached hydrogens (primary N) is 1. The molecule has 0 unspecified atom stereocenters. The molecule has 0 amide bonds. The van der Waals surface area contributed by atoms with E-state index in [4.69, 9.17) is 5.73 Å². The number of H-pyrrole nitrogens is 1. The molecule has 24 heavy (non-hydrogen) atoms. The summed E-state index contributed by atoms with van der Waals surface area (Å²) in [6, 6.07) is 9.26. The fourth-order valence-corrected chi connectivity index (χ4v) is 3.11. The van der Waals surface area contributed by atoms with Gasteiger partial charge in [-0.2, -0.15) is 5.26 Å². The number of halogens is 1. The molecule has 0 radical (unpaired) electrons. The Morgan fingerprint density at radius 3 is 2.58 bits per heavy atom. The minimum absolute atomic E-state index is 0.100. The van der Waals surface area contributed by atoms with E-state index in [1.54, 1.807) is 18.2 Å². The van der Waals surface area contributed by atoms with Gasteiger partial charge in [0.05, 0.1) is 7.05 Å². The maximum absolute atomic E-state index is 12.7. The Morgan fingerprint density at radius 1 is 1.25 bits per heavy atom. The first-order chi connectivity index (χ1) is 11.4. The Labute approximate surface area is 144 Å². The van der Waals surface area contributed by atoms with E-state index < -0.39 is 11.2 Å². The second kappa shape index (κ2) is 5.62. The third kappa shape index (κ3) is 2.21. The summed E-state index contributed by atoms with van der Waals surface area (Å²) in [5.74, 6) is 0.100. The molecule has 0 aliphatic carbocycles. The molecule has 3 aromatic rings. The number of nitrogens with one attached hydrogen (secondary N) is 1. The van der Waals surface area contributed by atoms with Crippen molar-refractivity contribution in [3.8, 4) is 17.2 Å². The fraction of sp³-hybridized carbons (Fsp3) is 0.125. The van der Waals surface area contributed by atoms with E-state index in [2.05, 4.69) is 20.9 Å². The molecular formula is C16H13BrN5O2+. The van der Waals surface area contributed by atoms with Crippen molar-refractivity contribution < 1.29 is 4.98 Å². The summed E-state index contributed by atoms with van der Waals surface area (Å²) in [5, 5.41) is 9.77. The first-order valence-corrected chi connectivity index (χ1v) is 7.76. The first-order valence-electron chi connectivity index (χ1n) is 6.97. The van der Waals surface area contributed by atoms with Crippen LogP contribution in [0.5, 0.6) is 0 Å². The number of hydrogen-bond acceptors (Lipinski definition) is 4. The van der Waals surface area contributed by atoms with Gasteiger partial charge in [0.25, 0.3) is 5.56 Å². The number of aromatic nitrogens is 3. The number of fused-ring (bicyclic) bond motifs is 1. The van der Waals surface area contributed by atoms with Crippen molar-refractivity contribution in [1.29, 1.82) is 5.26 Å². The Balaban J connectivity index is 2.68. The van der Waals surface area contributed by atoms with Crippen LogP contribution in [0.3, 0.4) is 0 Å². The number of aromatic amines is 1. The zero-order chi connectivity index (χ0) is 17.6. The van der Waals surface area contributed by atoms with E-state index in [9.17, 15) is 14.9 Å². The van der Waals surface area contributed by atoms with Crippen LogP contribution in [0, 0.1) is 11.3 Å². The predicted molar refractivity (Wildman–Crippen MR) is 93.2 cm³/mol. The molecule has 8 heteroatoms. The molecular weight excluding hydrogens is 374 g/mol. The summed E-state index contributed by atoms with van der Waals surface area (Å²) in [6.07, 6.45) is 0. The molecule has 0 atom stereocenters. The van der Waals surface area contributed by atoms with Crippen LogP contribution in [-0.2, 0) is 14.1 Å². The van der Waals surface area contributed by atoms with E-state index in [1.165, 1.54) is 18.7 Å². The van der Waals surface area contributed by atoms with Crippen molar-refractivity contribution in [3.05, 3.63) is 55.1 Å². The third-order valence-electron chi connectivity index (χ3n) is 3.91. The summed E-state index contributed by atoms with van der Waals surface area (Å²) in [5.41, 5.74) is 6.49. The molecule has 0 saturated carbocycles. The van der Waals surface area contributed by atoms with Crippen LogP contribution in [0.4, 0.5) is 5.82 Å². The highest BCUT2D eigenvalue weighted by Gasteiger charge is 2.24. The first kappa shape index (κ1) is 16.0. The number of pyridine rings is 1. The molecule has 0 spiro atoms. The van der Waals surface area contributed by atoms with Crippen LogP contribution in [0.25, 0.3) is 22.2 Å². The molecule has 120 valence electrons. The van der Waals surface area contributed by atoms with Gasteiger partial charge in [-0.05, 0) is 17.7 Å². The largest absolute Gasteiger partial charge is 0.388 e. The van der Waals surface area contributed by atoms with Gasteiger partial charge in [-0.3, -0.25) is 4.79 Å². The summed E-state index contributed by atoms with van der Waals surface area (Å²) in [4.78, 5) is 27.7. The van der Waals surface area contributed by atoms with Gasteiger partial charge >= 0.3 is 5.69 Å². The van der Waals surface area contributed by atoms with E-state index in [0.29, 0.717) is 11.1 Å². The van der Waals surface area contributed by atoms with Gasteiger partial charge in [0.2, 0.25) is 11.5 Å². The molecule has 1 aromatic carbocycles. The van der Waals surface area contributed by atoms with Gasteiger partial charge < -0.3 is 5.73 Å². The lowest BCUT2D eigenvalue weighted by Crippen LogP contribution is -2.40. The zero-order valence-corrected chi connectivity index (χ0v) is 14.5. The lowest BCUT2D eigenvalue weighted by atomic mass is 9.98. The second-order valence-electron chi connectivity index (χ2n) is 5.34. The minimum atomic E-state index is -0.490. The standard InChI is InChI=1S/C16H12BrN5O2/c1-21-14-12(15(23)22(2)16(21)24)11(10(7-18)13(19)20-14)8-4-3-5-9(17)6-8/h3-6H,1-2H3,(H2,19,20)/p+1. The average Bonchev–Trinajstić information content (AvgIpc) is 2.57. The fourth-order valence-electron chi connectivity index (χ4n) is 2.71. The molecule has 0 fully saturated rings. The quantitative estimate of drug-likeness (QED) is 0.670. The molecule has 0 saturated heterocycles. The Kier molecular flexibility index (Phi) is 3.73. The maximum Gasteiger partial charge on any atom is 0.388 e. The number of aryl methyl sites for hydroxylation is 1. The molecule has 2 aromatic heterocycles. The van der Waals surface area contributed by atoms with Crippen molar-refractivity contribution in [1.82, 2.24) is 9.13 Å². The highest BCUT2D eigenvalue weighted by Crippen LogP contribution is 2.31. The van der Waals surface area contributed by atoms with Crippen LogP contribution in [0.2, 0.25) is 0 Å². The van der Waals surface area contributed by atoms with Gasteiger partial charge in [0, 0.05) is 17.1 Å². The van der Waals surface area contributed by atoms with Crippen molar-refractivity contribution in [2.75, 3.05) is 5.73 Å². The van der Waals surface area contributed by atoms with Crippen LogP contribution in [0.1, 0.15) is 5.56 Å². The van der Waals surface area contributed by atoms with Crippen LogP contribution in [-0.4, -0.2) is 9.13 Å². The van der Waals surface area contributed by atoms with Gasteiger partial charge in [-0.25, -0.2) is 18.9 Å². The highest BCUT2D eigenvalue weighted by molar-refractivity contribution is 9.10. The Morgan fingerprint density at radius 2 is 1.96 bits per heavy atom. The van der Waals surface area contributed by atoms with Gasteiger partial charge in [-0.1, -0.05) is 28.1 Å². The summed E-state index contributed by atoms with van der Waals surface area (Å²) in [6.45, 7) is 0. The normalized spacial score (nSPS) is 10.8. The number of hydrogen-bond donors (Lipinski definition) is 1. The van der Waals surface area contributed by atoms with Gasteiger partial charge in [0.1, 0.15) is 17.0 Å². The second-order valence-corrected chi connectivity index (χ2v) is 6.26. The molecule has 7 nitrogen and oxygen atoms in total. The average molecular weight is 387 g/mol. The van der Waals surface area contributed by atoms with Gasteiger partial charge in [-0.15, -0.1) is 0 Å². The SMILES string of the molecule is Cn1c(=O)c2c(-c3cccc(Br)c3)c(C#N)c(N)[nH+]c2n(C)c1=O. The number of anilines is 1. The number of nitriles is 1. The maximum atomic E-state index is 12.7. The van der Waals surface area contributed by atoms with Crippen LogP contribution >= 0.6 is 15.9 Å². The number of nitrogens with zero attached hydrogens (tertiary/aromatic N) is 3. The lowest BCUT2D eigenvalue weighted by Gasteiger charge is -2.11. The minimum Gasteiger partial charge on any atom is -0.318 e. The van der Waals surface area contributed by atoms with Crippen molar-refractivity contribution in [3.63, 3.8) is 0 Å². The monoisotopic (exact) mass is 386 g/mol. The number of benzene rings is 1. The van der Waals surface area contributed by atoms with Crippen molar-refractivity contribution >= 4 is 32.8 Å².